The van der Waals surface area contributed by atoms with Crippen LogP contribution in [0.3, 0.4) is 0 Å². The van der Waals surface area contributed by atoms with Gasteiger partial charge in [0.25, 0.3) is 0 Å². The Morgan fingerprint density at radius 2 is 2.00 bits per heavy atom. The number of rotatable bonds is 6. The largest absolute Gasteiger partial charge is 0.376 e. The van der Waals surface area contributed by atoms with Crippen LogP contribution in [0.25, 0.3) is 0 Å². The summed E-state index contributed by atoms with van der Waals surface area (Å²) in [6.07, 6.45) is 3.18. The maximum atomic E-state index is 11.9. The van der Waals surface area contributed by atoms with Gasteiger partial charge in [-0.3, -0.25) is 0 Å². The van der Waals surface area contributed by atoms with Crippen LogP contribution < -0.4 is 10.6 Å². The van der Waals surface area contributed by atoms with Gasteiger partial charge in [0.2, 0.25) is 5.89 Å². The van der Waals surface area contributed by atoms with Crippen LogP contribution in [-0.4, -0.2) is 35.4 Å². The van der Waals surface area contributed by atoms with E-state index in [9.17, 15) is 4.79 Å². The number of urea groups is 1. The molecule has 1 aromatic carbocycles. The standard InChI is InChI=1S/C18H22N4O3/c23-18(20-10-16-21-17(25-22-16)13-6-7-13)19-9-15-8-14(11-24-15)12-4-2-1-3-5-12/h1-5,13-15H,6-11H2,(H2,19,20,23)/t14-,15-/m0/s1. The van der Waals surface area contributed by atoms with Crippen LogP contribution in [0.2, 0.25) is 0 Å². The van der Waals surface area contributed by atoms with Crippen LogP contribution in [0.5, 0.6) is 0 Å². The van der Waals surface area contributed by atoms with E-state index in [1.165, 1.54) is 5.56 Å². The van der Waals surface area contributed by atoms with Gasteiger partial charge in [-0.05, 0) is 24.8 Å². The highest BCUT2D eigenvalue weighted by Gasteiger charge is 2.29. The van der Waals surface area contributed by atoms with Gasteiger partial charge in [-0.1, -0.05) is 35.5 Å². The van der Waals surface area contributed by atoms with E-state index < -0.39 is 0 Å². The number of nitrogens with one attached hydrogen (secondary N) is 2. The molecule has 132 valence electrons. The third kappa shape index (κ3) is 4.17. The van der Waals surface area contributed by atoms with Gasteiger partial charge in [0, 0.05) is 18.4 Å². The molecular formula is C18H22N4O3. The predicted octanol–water partition coefficient (Wildman–Crippen LogP) is 2.32. The zero-order valence-electron chi connectivity index (χ0n) is 14.0. The lowest BCUT2D eigenvalue weighted by atomic mass is 9.96. The Labute approximate surface area is 146 Å². The smallest absolute Gasteiger partial charge is 0.315 e. The molecule has 1 saturated carbocycles. The molecule has 1 aromatic heterocycles. The summed E-state index contributed by atoms with van der Waals surface area (Å²) in [6, 6.07) is 10.1. The van der Waals surface area contributed by atoms with Gasteiger partial charge in [0.05, 0.1) is 19.3 Å². The van der Waals surface area contributed by atoms with Crippen LogP contribution in [0.15, 0.2) is 34.9 Å². The molecule has 25 heavy (non-hydrogen) atoms. The molecule has 2 amide bonds. The lowest BCUT2D eigenvalue weighted by Gasteiger charge is -2.11. The Morgan fingerprint density at radius 1 is 1.16 bits per heavy atom. The molecule has 0 spiro atoms. The van der Waals surface area contributed by atoms with E-state index in [1.807, 2.05) is 18.2 Å². The molecule has 2 aliphatic rings. The van der Waals surface area contributed by atoms with Crippen molar-refractivity contribution in [2.75, 3.05) is 13.2 Å². The Hall–Kier alpha value is -2.41. The van der Waals surface area contributed by atoms with Crippen LogP contribution in [0.1, 0.15) is 48.4 Å². The second kappa shape index (κ2) is 7.23. The van der Waals surface area contributed by atoms with E-state index in [1.54, 1.807) is 0 Å². The van der Waals surface area contributed by atoms with Gasteiger partial charge >= 0.3 is 6.03 Å². The molecule has 1 aliphatic carbocycles. The minimum atomic E-state index is -0.246. The highest BCUT2D eigenvalue weighted by molar-refractivity contribution is 5.73. The number of benzene rings is 1. The minimum absolute atomic E-state index is 0.0441. The van der Waals surface area contributed by atoms with Crippen molar-refractivity contribution in [3.8, 4) is 0 Å². The van der Waals surface area contributed by atoms with Gasteiger partial charge in [0.15, 0.2) is 5.82 Å². The molecular weight excluding hydrogens is 320 g/mol. The zero-order chi connectivity index (χ0) is 17.1. The molecule has 1 saturated heterocycles. The van der Waals surface area contributed by atoms with Gasteiger partial charge < -0.3 is 19.9 Å². The molecule has 0 bridgehead atoms. The molecule has 2 aromatic rings. The number of carbonyl (C=O) groups is 1. The first-order valence-corrected chi connectivity index (χ1v) is 8.78. The van der Waals surface area contributed by atoms with Crippen LogP contribution in [0, 0.1) is 0 Å². The van der Waals surface area contributed by atoms with Crippen molar-refractivity contribution in [3.63, 3.8) is 0 Å². The summed E-state index contributed by atoms with van der Waals surface area (Å²) < 4.78 is 11.0. The van der Waals surface area contributed by atoms with Crippen LogP contribution in [-0.2, 0) is 11.3 Å². The van der Waals surface area contributed by atoms with E-state index in [-0.39, 0.29) is 18.7 Å². The van der Waals surface area contributed by atoms with Crippen LogP contribution in [0.4, 0.5) is 4.79 Å². The number of ether oxygens (including phenoxy) is 1. The first-order valence-electron chi connectivity index (χ1n) is 8.78. The first-order chi connectivity index (χ1) is 12.3. The van der Waals surface area contributed by atoms with E-state index in [0.29, 0.717) is 36.7 Å². The van der Waals surface area contributed by atoms with E-state index in [2.05, 4.69) is 32.9 Å². The highest BCUT2D eigenvalue weighted by atomic mass is 16.5. The van der Waals surface area contributed by atoms with Crippen molar-refractivity contribution < 1.29 is 14.1 Å². The predicted molar refractivity (Wildman–Crippen MR) is 90.1 cm³/mol. The van der Waals surface area contributed by atoms with Crippen molar-refractivity contribution >= 4 is 6.03 Å². The van der Waals surface area contributed by atoms with Crippen molar-refractivity contribution in [1.82, 2.24) is 20.8 Å². The first kappa shape index (κ1) is 16.1. The Kier molecular flexibility index (Phi) is 4.65. The molecule has 0 unspecified atom stereocenters. The quantitative estimate of drug-likeness (QED) is 0.841. The third-order valence-electron chi connectivity index (χ3n) is 4.66. The number of carbonyl (C=O) groups excluding carboxylic acids is 1. The number of nitrogens with zero attached hydrogens (tertiary/aromatic N) is 2. The number of aromatic nitrogens is 2. The minimum Gasteiger partial charge on any atom is -0.376 e. The second-order valence-corrected chi connectivity index (χ2v) is 6.69. The SMILES string of the molecule is O=C(NCc1noc(C2CC2)n1)NC[C@@H]1C[C@H](c2ccccc2)CO1. The summed E-state index contributed by atoms with van der Waals surface area (Å²) in [5.41, 5.74) is 1.29. The fraction of sp³-hybridized carbons (Fsp3) is 0.500. The van der Waals surface area contributed by atoms with E-state index in [0.717, 1.165) is 19.3 Å². The van der Waals surface area contributed by atoms with E-state index in [4.69, 9.17) is 9.26 Å². The zero-order valence-corrected chi connectivity index (χ0v) is 14.0. The van der Waals surface area contributed by atoms with Crippen molar-refractivity contribution in [3.05, 3.63) is 47.6 Å². The molecule has 2 atom stereocenters. The van der Waals surface area contributed by atoms with Gasteiger partial charge in [0.1, 0.15) is 0 Å². The Morgan fingerprint density at radius 3 is 2.80 bits per heavy atom. The second-order valence-electron chi connectivity index (χ2n) is 6.69. The van der Waals surface area contributed by atoms with Crippen molar-refractivity contribution in [1.29, 1.82) is 0 Å². The summed E-state index contributed by atoms with van der Waals surface area (Å²) >= 11 is 0. The third-order valence-corrected chi connectivity index (χ3v) is 4.66. The summed E-state index contributed by atoms with van der Waals surface area (Å²) in [5, 5.41) is 9.47. The average Bonchev–Trinajstić information content (AvgIpc) is 3.20. The van der Waals surface area contributed by atoms with Gasteiger partial charge in [-0.15, -0.1) is 0 Å². The maximum Gasteiger partial charge on any atom is 0.315 e. The summed E-state index contributed by atoms with van der Waals surface area (Å²) in [7, 11) is 0. The molecule has 7 heteroatoms. The van der Waals surface area contributed by atoms with Crippen molar-refractivity contribution in [2.24, 2.45) is 0 Å². The number of amides is 2. The fourth-order valence-corrected chi connectivity index (χ4v) is 3.07. The Bertz CT molecular complexity index is 714. The lowest BCUT2D eigenvalue weighted by molar-refractivity contribution is 0.110. The van der Waals surface area contributed by atoms with Gasteiger partial charge in [-0.25, -0.2) is 4.79 Å². The highest BCUT2D eigenvalue weighted by Crippen LogP contribution is 2.38. The molecule has 2 fully saturated rings. The summed E-state index contributed by atoms with van der Waals surface area (Å²) in [6.45, 7) is 1.46. The molecule has 1 aliphatic heterocycles. The molecule has 7 nitrogen and oxygen atoms in total. The van der Waals surface area contributed by atoms with Crippen molar-refractivity contribution in [2.45, 2.75) is 43.7 Å². The molecule has 0 radical (unpaired) electrons. The maximum absolute atomic E-state index is 11.9. The van der Waals surface area contributed by atoms with Gasteiger partial charge in [-0.2, -0.15) is 4.98 Å². The number of hydrogen-bond acceptors (Lipinski definition) is 5. The van der Waals surface area contributed by atoms with Crippen LogP contribution >= 0.6 is 0 Å². The monoisotopic (exact) mass is 342 g/mol. The fourth-order valence-electron chi connectivity index (χ4n) is 3.07. The normalized spacial score (nSPS) is 22.7. The average molecular weight is 342 g/mol. The number of hydrogen-bond donors (Lipinski definition) is 2. The summed E-state index contributed by atoms with van der Waals surface area (Å²) in [4.78, 5) is 16.2. The molecule has 4 rings (SSSR count). The lowest BCUT2D eigenvalue weighted by Crippen LogP contribution is -2.39. The Balaban J connectivity index is 1.17. The van der Waals surface area contributed by atoms with E-state index >= 15 is 0 Å². The topological polar surface area (TPSA) is 89.3 Å². The molecule has 2 N–H and O–H groups in total. The summed E-state index contributed by atoms with van der Waals surface area (Å²) in [5.74, 6) is 2.02. The molecule has 2 heterocycles.